The lowest BCUT2D eigenvalue weighted by Gasteiger charge is -2.10. The molecule has 0 unspecified atom stereocenters. The van der Waals surface area contributed by atoms with Gasteiger partial charge in [0, 0.05) is 12.2 Å². The van der Waals surface area contributed by atoms with E-state index < -0.39 is 0 Å². The van der Waals surface area contributed by atoms with Crippen LogP contribution in [0.15, 0.2) is 48.5 Å². The Kier molecular flexibility index (Phi) is 6.11. The molecule has 2 rings (SSSR count). The van der Waals surface area contributed by atoms with E-state index >= 15 is 0 Å². The topological polar surface area (TPSA) is 59.6 Å². The Labute approximate surface area is 130 Å². The summed E-state index contributed by atoms with van der Waals surface area (Å²) in [5, 5.41) is 5.53. The molecule has 0 aliphatic heterocycles. The van der Waals surface area contributed by atoms with E-state index in [4.69, 9.17) is 9.47 Å². The molecule has 0 bridgehead atoms. The molecule has 0 saturated carbocycles. The summed E-state index contributed by atoms with van der Waals surface area (Å²) >= 11 is 0. The number of ether oxygens (including phenoxy) is 2. The first-order chi connectivity index (χ1) is 10.8. The average Bonchev–Trinajstić information content (AvgIpc) is 2.56. The molecule has 22 heavy (non-hydrogen) atoms. The standard InChI is InChI=1S/C17H19N2O3/c1-21-15-10-5-6-11-16(15)22-13-7-12-18-17(20)19-14-8-3-2-4-9-14/h2-4,6,8-11H,7,12-13H2,1H3,(H2,18,19,20). The number of hydrogen-bond acceptors (Lipinski definition) is 3. The van der Waals surface area contributed by atoms with E-state index in [0.29, 0.717) is 31.1 Å². The zero-order valence-electron chi connectivity index (χ0n) is 12.5. The number of carbonyl (C=O) groups is 1. The van der Waals surface area contributed by atoms with Gasteiger partial charge in [-0.2, -0.15) is 0 Å². The van der Waals surface area contributed by atoms with Gasteiger partial charge in [0.15, 0.2) is 11.5 Å². The molecular weight excluding hydrogens is 280 g/mol. The van der Waals surface area contributed by atoms with E-state index in [1.54, 1.807) is 25.3 Å². The van der Waals surface area contributed by atoms with E-state index in [1.165, 1.54) is 0 Å². The lowest BCUT2D eigenvalue weighted by atomic mass is 10.3. The van der Waals surface area contributed by atoms with Gasteiger partial charge in [0.05, 0.1) is 13.7 Å². The first kappa shape index (κ1) is 15.7. The van der Waals surface area contributed by atoms with Crippen molar-refractivity contribution in [2.24, 2.45) is 0 Å². The largest absolute Gasteiger partial charge is 0.493 e. The van der Waals surface area contributed by atoms with Crippen molar-refractivity contribution in [1.82, 2.24) is 5.32 Å². The number of rotatable bonds is 7. The molecule has 5 heteroatoms. The number of hydrogen-bond donors (Lipinski definition) is 2. The summed E-state index contributed by atoms with van der Waals surface area (Å²) in [6.45, 7) is 1.02. The van der Waals surface area contributed by atoms with Crippen LogP contribution in [-0.2, 0) is 0 Å². The number of anilines is 1. The van der Waals surface area contributed by atoms with Crippen molar-refractivity contribution in [2.75, 3.05) is 25.6 Å². The zero-order valence-corrected chi connectivity index (χ0v) is 12.5. The molecule has 1 radical (unpaired) electrons. The Balaban J connectivity index is 1.64. The molecule has 0 heterocycles. The summed E-state index contributed by atoms with van der Waals surface area (Å²) < 4.78 is 10.8. The number of urea groups is 1. The second-order valence-electron chi connectivity index (χ2n) is 4.53. The van der Waals surface area contributed by atoms with Crippen molar-refractivity contribution in [3.63, 3.8) is 0 Å². The summed E-state index contributed by atoms with van der Waals surface area (Å²) in [6.07, 6.45) is 0.698. The maximum absolute atomic E-state index is 11.7. The van der Waals surface area contributed by atoms with Crippen LogP contribution in [-0.4, -0.2) is 26.3 Å². The van der Waals surface area contributed by atoms with Gasteiger partial charge in [0.2, 0.25) is 0 Å². The summed E-state index contributed by atoms with van der Waals surface area (Å²) in [5.74, 6) is 1.33. The van der Waals surface area contributed by atoms with Gasteiger partial charge < -0.3 is 20.1 Å². The zero-order chi connectivity index (χ0) is 15.6. The molecule has 5 nitrogen and oxygen atoms in total. The third-order valence-corrected chi connectivity index (χ3v) is 2.90. The smallest absolute Gasteiger partial charge is 0.319 e. The maximum atomic E-state index is 11.7. The SMILES string of the molecule is COc1c[c]ccc1OCCCNC(=O)Nc1ccccc1. The van der Waals surface area contributed by atoms with Gasteiger partial charge >= 0.3 is 6.03 Å². The Morgan fingerprint density at radius 1 is 1.18 bits per heavy atom. The van der Waals surface area contributed by atoms with Crippen molar-refractivity contribution < 1.29 is 14.3 Å². The molecule has 2 N–H and O–H groups in total. The highest BCUT2D eigenvalue weighted by Gasteiger charge is 2.03. The fourth-order valence-electron chi connectivity index (χ4n) is 1.83. The summed E-state index contributed by atoms with van der Waals surface area (Å²) in [7, 11) is 1.59. The predicted molar refractivity (Wildman–Crippen MR) is 85.4 cm³/mol. The third kappa shape index (κ3) is 5.01. The van der Waals surface area contributed by atoms with E-state index in [2.05, 4.69) is 16.7 Å². The van der Waals surface area contributed by atoms with Crippen LogP contribution in [0.25, 0.3) is 0 Å². The van der Waals surface area contributed by atoms with E-state index in [0.717, 1.165) is 5.69 Å². The summed E-state index contributed by atoms with van der Waals surface area (Å²) in [6, 6.07) is 17.3. The molecule has 0 fully saturated rings. The molecule has 2 amide bonds. The molecule has 2 aromatic carbocycles. The molecule has 2 aromatic rings. The van der Waals surface area contributed by atoms with Crippen molar-refractivity contribution >= 4 is 11.7 Å². The van der Waals surface area contributed by atoms with Gasteiger partial charge in [-0.05, 0) is 36.8 Å². The van der Waals surface area contributed by atoms with E-state index in [-0.39, 0.29) is 6.03 Å². The quantitative estimate of drug-likeness (QED) is 0.772. The summed E-state index contributed by atoms with van der Waals surface area (Å²) in [5.41, 5.74) is 0.765. The highest BCUT2D eigenvalue weighted by Crippen LogP contribution is 2.25. The van der Waals surface area contributed by atoms with Crippen LogP contribution in [0.2, 0.25) is 0 Å². The van der Waals surface area contributed by atoms with E-state index in [1.807, 2.05) is 30.3 Å². The van der Waals surface area contributed by atoms with Gasteiger partial charge in [-0.3, -0.25) is 0 Å². The van der Waals surface area contributed by atoms with Crippen molar-refractivity contribution in [1.29, 1.82) is 0 Å². The molecule has 0 aliphatic carbocycles. The molecule has 0 aromatic heterocycles. The number of methoxy groups -OCH3 is 1. The second-order valence-corrected chi connectivity index (χ2v) is 4.53. The Hall–Kier alpha value is -2.69. The molecule has 115 valence electrons. The van der Waals surface area contributed by atoms with Gasteiger partial charge in [0.1, 0.15) is 0 Å². The number of amides is 2. The van der Waals surface area contributed by atoms with Crippen molar-refractivity contribution in [3.05, 3.63) is 54.6 Å². The predicted octanol–water partition coefficient (Wildman–Crippen LogP) is 3.09. The number of nitrogens with one attached hydrogen (secondary N) is 2. The molecule has 0 aliphatic rings. The lowest BCUT2D eigenvalue weighted by molar-refractivity contribution is 0.249. The average molecular weight is 299 g/mol. The van der Waals surface area contributed by atoms with Gasteiger partial charge in [-0.15, -0.1) is 0 Å². The van der Waals surface area contributed by atoms with Crippen LogP contribution < -0.4 is 20.1 Å². The molecular formula is C17H19N2O3. The van der Waals surface area contributed by atoms with Crippen LogP contribution in [0, 0.1) is 6.07 Å². The Bertz CT molecular complexity index is 587. The fourth-order valence-corrected chi connectivity index (χ4v) is 1.83. The Morgan fingerprint density at radius 3 is 2.77 bits per heavy atom. The first-order valence-corrected chi connectivity index (χ1v) is 7.06. The summed E-state index contributed by atoms with van der Waals surface area (Å²) in [4.78, 5) is 11.7. The van der Waals surface area contributed by atoms with Crippen LogP contribution in [0.5, 0.6) is 11.5 Å². The van der Waals surface area contributed by atoms with Crippen molar-refractivity contribution in [3.8, 4) is 11.5 Å². The molecule has 0 spiro atoms. The van der Waals surface area contributed by atoms with Crippen LogP contribution in [0.3, 0.4) is 0 Å². The van der Waals surface area contributed by atoms with Gasteiger partial charge in [-0.1, -0.05) is 24.3 Å². The van der Waals surface area contributed by atoms with Gasteiger partial charge in [0.25, 0.3) is 0 Å². The number of benzene rings is 2. The molecule has 0 saturated heterocycles. The maximum Gasteiger partial charge on any atom is 0.319 e. The van der Waals surface area contributed by atoms with E-state index in [9.17, 15) is 4.79 Å². The second kappa shape index (κ2) is 8.56. The highest BCUT2D eigenvalue weighted by atomic mass is 16.5. The minimum Gasteiger partial charge on any atom is -0.493 e. The minimum atomic E-state index is -0.224. The van der Waals surface area contributed by atoms with Crippen LogP contribution >= 0.6 is 0 Å². The minimum absolute atomic E-state index is 0.224. The normalized spacial score (nSPS) is 9.86. The first-order valence-electron chi connectivity index (χ1n) is 7.06. The number of para-hydroxylation sites is 1. The third-order valence-electron chi connectivity index (χ3n) is 2.90. The van der Waals surface area contributed by atoms with Crippen LogP contribution in [0.4, 0.5) is 10.5 Å². The van der Waals surface area contributed by atoms with Crippen LogP contribution in [0.1, 0.15) is 6.42 Å². The molecule has 0 atom stereocenters. The van der Waals surface area contributed by atoms with Crippen molar-refractivity contribution in [2.45, 2.75) is 6.42 Å². The Morgan fingerprint density at radius 2 is 2.00 bits per heavy atom. The fraction of sp³-hybridized carbons (Fsp3) is 0.235. The highest BCUT2D eigenvalue weighted by molar-refractivity contribution is 5.89. The number of carbonyl (C=O) groups excluding carboxylic acids is 1. The monoisotopic (exact) mass is 299 g/mol. The van der Waals surface area contributed by atoms with Gasteiger partial charge in [-0.25, -0.2) is 4.79 Å². The lowest BCUT2D eigenvalue weighted by Crippen LogP contribution is -2.30.